The van der Waals surface area contributed by atoms with E-state index in [2.05, 4.69) is 6.92 Å². The predicted molar refractivity (Wildman–Crippen MR) is 90.5 cm³/mol. The van der Waals surface area contributed by atoms with Crippen molar-refractivity contribution in [2.75, 3.05) is 19.8 Å². The maximum atomic E-state index is 10.1. The average Bonchev–Trinajstić information content (AvgIpc) is 2.66. The second kappa shape index (κ2) is 11.0. The van der Waals surface area contributed by atoms with Gasteiger partial charge in [0.05, 0.1) is 13.2 Å². The molecule has 9 atom stereocenters. The molecule has 2 rings (SSSR count). The highest BCUT2D eigenvalue weighted by atomic mass is 16.7. The number of aliphatic hydroxyl groups excluding tert-OH is 6. The Kier molecular flexibility index (Phi) is 9.29. The molecule has 10 heteroatoms. The molecule has 27 heavy (non-hydrogen) atoms. The first-order valence-electron chi connectivity index (χ1n) is 9.45. The van der Waals surface area contributed by atoms with Crippen LogP contribution in [0.4, 0.5) is 0 Å². The van der Waals surface area contributed by atoms with Gasteiger partial charge in [0.25, 0.3) is 0 Å². The third-order valence-electron chi connectivity index (χ3n) is 4.83. The molecular weight excluding hydrogens is 364 g/mol. The second-order valence-corrected chi connectivity index (χ2v) is 7.03. The summed E-state index contributed by atoms with van der Waals surface area (Å²) in [6.07, 6.45) is -7.94. The van der Waals surface area contributed by atoms with Crippen molar-refractivity contribution in [1.82, 2.24) is 0 Å². The van der Waals surface area contributed by atoms with Gasteiger partial charge in [0.2, 0.25) is 0 Å². The largest absolute Gasteiger partial charge is 0.388 e. The van der Waals surface area contributed by atoms with Gasteiger partial charge in [-0.2, -0.15) is 0 Å². The Balaban J connectivity index is 1.83. The van der Waals surface area contributed by atoms with Crippen LogP contribution in [0.15, 0.2) is 0 Å². The second-order valence-electron chi connectivity index (χ2n) is 7.03. The summed E-state index contributed by atoms with van der Waals surface area (Å²) in [5.41, 5.74) is 0. The van der Waals surface area contributed by atoms with Crippen LogP contribution in [0.5, 0.6) is 0 Å². The van der Waals surface area contributed by atoms with Crippen LogP contribution in [0, 0.1) is 0 Å². The van der Waals surface area contributed by atoms with Crippen molar-refractivity contribution in [2.24, 2.45) is 0 Å². The Hall–Kier alpha value is -0.400. The summed E-state index contributed by atoms with van der Waals surface area (Å²) in [5.74, 6) is 0. The molecule has 0 aromatic rings. The Morgan fingerprint density at radius 1 is 0.778 bits per heavy atom. The van der Waals surface area contributed by atoms with Crippen LogP contribution < -0.4 is 0 Å². The van der Waals surface area contributed by atoms with Gasteiger partial charge in [-0.1, -0.05) is 26.2 Å². The third kappa shape index (κ3) is 6.04. The van der Waals surface area contributed by atoms with Gasteiger partial charge in [-0.25, -0.2) is 0 Å². The highest BCUT2D eigenvalue weighted by molar-refractivity contribution is 4.90. The molecule has 0 spiro atoms. The summed E-state index contributed by atoms with van der Waals surface area (Å²) in [7, 11) is 0. The number of ether oxygens (including phenoxy) is 4. The van der Waals surface area contributed by atoms with E-state index in [1.165, 1.54) is 0 Å². The molecule has 0 aliphatic carbocycles. The quantitative estimate of drug-likeness (QED) is 0.237. The summed E-state index contributed by atoms with van der Waals surface area (Å²) in [5, 5.41) is 59.1. The first kappa shape index (κ1) is 22.9. The molecule has 2 aliphatic heterocycles. The Morgan fingerprint density at radius 2 is 1.48 bits per heavy atom. The molecule has 0 bridgehead atoms. The molecule has 6 N–H and O–H groups in total. The summed E-state index contributed by atoms with van der Waals surface area (Å²) in [6, 6.07) is 0. The molecule has 2 fully saturated rings. The van der Waals surface area contributed by atoms with E-state index in [-0.39, 0.29) is 13.2 Å². The van der Waals surface area contributed by atoms with Gasteiger partial charge < -0.3 is 49.6 Å². The molecular formula is C17H32O10. The molecule has 0 saturated carbocycles. The Labute approximate surface area is 158 Å². The van der Waals surface area contributed by atoms with Crippen LogP contribution in [0.25, 0.3) is 0 Å². The number of hydrogen-bond donors (Lipinski definition) is 6. The van der Waals surface area contributed by atoms with E-state index in [0.29, 0.717) is 6.61 Å². The van der Waals surface area contributed by atoms with Crippen molar-refractivity contribution in [2.45, 2.75) is 87.9 Å². The fourth-order valence-corrected chi connectivity index (χ4v) is 3.04. The van der Waals surface area contributed by atoms with E-state index in [1.54, 1.807) is 0 Å². The maximum Gasteiger partial charge on any atom is 0.186 e. The van der Waals surface area contributed by atoms with Crippen LogP contribution in [0.1, 0.15) is 32.6 Å². The minimum absolute atomic E-state index is 0.220. The lowest BCUT2D eigenvalue weighted by atomic mass is 9.99. The maximum absolute atomic E-state index is 10.1. The summed E-state index contributed by atoms with van der Waals surface area (Å²) >= 11 is 0. The highest BCUT2D eigenvalue weighted by Gasteiger charge is 2.45. The zero-order valence-corrected chi connectivity index (χ0v) is 15.5. The SMILES string of the molecule is CCCCCCO[C@H]1O[C@@H](CO[C@@H]2OC[C@H](O)[C@@H](O)[C@@H]2O)[C@H](O)[C@@H](O)[C@@H]1O. The van der Waals surface area contributed by atoms with Crippen molar-refractivity contribution >= 4 is 0 Å². The highest BCUT2D eigenvalue weighted by Crippen LogP contribution is 2.24. The smallest absolute Gasteiger partial charge is 0.186 e. The standard InChI is InChI=1S/C17H32O10/c1-2-3-4-5-6-24-17-15(23)13(21)12(20)10(27-17)8-26-16-14(22)11(19)9(18)7-25-16/h9-23H,2-8H2,1H3/t9-,10-,11+,12-,13+,14-,15-,16-,17-/m0/s1. The molecule has 0 unspecified atom stereocenters. The van der Waals surface area contributed by atoms with Gasteiger partial charge in [0, 0.05) is 6.61 Å². The normalized spacial score (nSPS) is 43.0. The monoisotopic (exact) mass is 396 g/mol. The number of aliphatic hydroxyl groups is 6. The third-order valence-corrected chi connectivity index (χ3v) is 4.83. The minimum atomic E-state index is -1.49. The fourth-order valence-electron chi connectivity index (χ4n) is 3.04. The fraction of sp³-hybridized carbons (Fsp3) is 1.00. The van der Waals surface area contributed by atoms with E-state index in [9.17, 15) is 30.6 Å². The molecule has 0 aromatic heterocycles. The van der Waals surface area contributed by atoms with Gasteiger partial charge in [-0.15, -0.1) is 0 Å². The molecule has 2 aliphatic rings. The average molecular weight is 396 g/mol. The number of rotatable bonds is 9. The van der Waals surface area contributed by atoms with Crippen molar-refractivity contribution in [3.8, 4) is 0 Å². The Bertz CT molecular complexity index is 425. The molecule has 2 saturated heterocycles. The zero-order valence-electron chi connectivity index (χ0n) is 15.5. The summed E-state index contributed by atoms with van der Waals surface area (Å²) in [6.45, 7) is 1.92. The van der Waals surface area contributed by atoms with Crippen LogP contribution >= 0.6 is 0 Å². The van der Waals surface area contributed by atoms with Crippen molar-refractivity contribution in [3.63, 3.8) is 0 Å². The lowest BCUT2D eigenvalue weighted by Gasteiger charge is -2.41. The van der Waals surface area contributed by atoms with Gasteiger partial charge in [-0.3, -0.25) is 0 Å². The van der Waals surface area contributed by atoms with Gasteiger partial charge in [-0.05, 0) is 6.42 Å². The molecule has 0 aromatic carbocycles. The first-order valence-corrected chi connectivity index (χ1v) is 9.45. The molecule has 0 amide bonds. The number of hydrogen-bond acceptors (Lipinski definition) is 10. The Morgan fingerprint density at radius 3 is 2.19 bits per heavy atom. The lowest BCUT2D eigenvalue weighted by molar-refractivity contribution is -0.320. The van der Waals surface area contributed by atoms with Gasteiger partial charge in [0.15, 0.2) is 12.6 Å². The predicted octanol–water partition coefficient (Wildman–Crippen LogP) is -2.15. The number of unbranched alkanes of at least 4 members (excludes halogenated alkanes) is 3. The van der Waals surface area contributed by atoms with Crippen LogP contribution in [0.3, 0.4) is 0 Å². The topological polar surface area (TPSA) is 158 Å². The summed E-state index contributed by atoms with van der Waals surface area (Å²) < 4.78 is 21.4. The molecule has 2 heterocycles. The van der Waals surface area contributed by atoms with Gasteiger partial charge >= 0.3 is 0 Å². The van der Waals surface area contributed by atoms with E-state index < -0.39 is 55.3 Å². The lowest BCUT2D eigenvalue weighted by Crippen LogP contribution is -2.60. The van der Waals surface area contributed by atoms with E-state index in [1.807, 2.05) is 0 Å². The van der Waals surface area contributed by atoms with Crippen molar-refractivity contribution in [3.05, 3.63) is 0 Å². The molecule has 10 nitrogen and oxygen atoms in total. The van der Waals surface area contributed by atoms with Crippen LogP contribution in [0.2, 0.25) is 0 Å². The van der Waals surface area contributed by atoms with E-state index in [0.717, 1.165) is 25.7 Å². The van der Waals surface area contributed by atoms with Gasteiger partial charge in [0.1, 0.15) is 42.7 Å². The van der Waals surface area contributed by atoms with Crippen molar-refractivity contribution < 1.29 is 49.6 Å². The van der Waals surface area contributed by atoms with E-state index in [4.69, 9.17) is 18.9 Å². The summed E-state index contributed by atoms with van der Waals surface area (Å²) in [4.78, 5) is 0. The van der Waals surface area contributed by atoms with Crippen LogP contribution in [-0.4, -0.2) is 106 Å². The van der Waals surface area contributed by atoms with Crippen molar-refractivity contribution in [1.29, 1.82) is 0 Å². The minimum Gasteiger partial charge on any atom is -0.388 e. The molecule has 160 valence electrons. The zero-order chi connectivity index (χ0) is 20.0. The van der Waals surface area contributed by atoms with Crippen LogP contribution in [-0.2, 0) is 18.9 Å². The first-order chi connectivity index (χ1) is 12.9. The molecule has 0 radical (unpaired) electrons. The van der Waals surface area contributed by atoms with E-state index >= 15 is 0 Å².